The third kappa shape index (κ3) is 5.07. The molecule has 0 aliphatic heterocycles. The second kappa shape index (κ2) is 8.11. The summed E-state index contributed by atoms with van der Waals surface area (Å²) >= 11 is 0. The molecule has 0 bridgehead atoms. The van der Waals surface area contributed by atoms with Crippen LogP contribution in [0.4, 0.5) is 0 Å². The summed E-state index contributed by atoms with van der Waals surface area (Å²) < 4.78 is 0. The van der Waals surface area contributed by atoms with Crippen LogP contribution in [-0.4, -0.2) is 11.9 Å². The van der Waals surface area contributed by atoms with Crippen molar-refractivity contribution in [3.8, 4) is 0 Å². The van der Waals surface area contributed by atoms with E-state index in [9.17, 15) is 4.79 Å². The highest BCUT2D eigenvalue weighted by molar-refractivity contribution is 5.85. The first-order valence-corrected chi connectivity index (χ1v) is 6.13. The number of hydrogen-bond donors (Lipinski definition) is 2. The van der Waals surface area contributed by atoms with Crippen molar-refractivity contribution < 1.29 is 4.79 Å². The number of nitrogens with two attached hydrogens (primary N) is 1. The largest absolute Gasteiger partial charge is 0.351 e. The molecular weight excluding hydrogens is 248 g/mol. The average Bonchev–Trinajstić information content (AvgIpc) is 2.34. The van der Waals surface area contributed by atoms with E-state index in [4.69, 9.17) is 5.73 Å². The van der Waals surface area contributed by atoms with Crippen LogP contribution >= 0.6 is 12.4 Å². The molecule has 3 N–H and O–H groups in total. The molecule has 0 saturated heterocycles. The van der Waals surface area contributed by atoms with Gasteiger partial charge in [-0.2, -0.15) is 0 Å². The third-order valence-electron chi connectivity index (χ3n) is 3.11. The summed E-state index contributed by atoms with van der Waals surface area (Å²) in [6.45, 7) is 6.62. The molecule has 0 fully saturated rings. The van der Waals surface area contributed by atoms with E-state index in [1.54, 1.807) is 0 Å². The lowest BCUT2D eigenvalue weighted by Gasteiger charge is -2.17. The maximum absolute atomic E-state index is 11.8. The maximum Gasteiger partial charge on any atom is 0.237 e. The van der Waals surface area contributed by atoms with E-state index in [0.29, 0.717) is 6.54 Å². The lowest BCUT2D eigenvalue weighted by molar-refractivity contribution is -0.123. The molecule has 0 heterocycles. The second-order valence-corrected chi connectivity index (χ2v) is 4.62. The van der Waals surface area contributed by atoms with Gasteiger partial charge in [0, 0.05) is 6.54 Å². The Balaban J connectivity index is 0.00000289. The van der Waals surface area contributed by atoms with Crippen molar-refractivity contribution in [2.75, 3.05) is 0 Å². The monoisotopic (exact) mass is 270 g/mol. The molecule has 102 valence electrons. The Bertz CT molecular complexity index is 382. The third-order valence-corrected chi connectivity index (χ3v) is 3.11. The van der Waals surface area contributed by atoms with Crippen LogP contribution in [0.15, 0.2) is 24.3 Å². The Morgan fingerprint density at radius 3 is 2.67 bits per heavy atom. The van der Waals surface area contributed by atoms with E-state index in [1.807, 2.05) is 39.0 Å². The molecule has 0 saturated carbocycles. The fraction of sp³-hybridized carbons (Fsp3) is 0.500. The van der Waals surface area contributed by atoms with Crippen LogP contribution in [0, 0.1) is 12.8 Å². The number of aryl methyl sites for hydroxylation is 1. The molecule has 2 atom stereocenters. The zero-order valence-corrected chi connectivity index (χ0v) is 12.1. The number of halogens is 1. The Labute approximate surface area is 116 Å². The standard InChI is InChI=1S/C14H22N2O.ClH/c1-4-11(3)13(15)14(17)16-9-12-7-5-6-10(2)8-12;/h5-8,11,13H,4,9,15H2,1-3H3,(H,16,17);1H. The fourth-order valence-corrected chi connectivity index (χ4v) is 1.64. The lowest BCUT2D eigenvalue weighted by Crippen LogP contribution is -2.44. The van der Waals surface area contributed by atoms with Crippen LogP contribution in [0.25, 0.3) is 0 Å². The Morgan fingerprint density at radius 1 is 1.44 bits per heavy atom. The smallest absolute Gasteiger partial charge is 0.237 e. The van der Waals surface area contributed by atoms with Crippen molar-refractivity contribution in [2.24, 2.45) is 11.7 Å². The van der Waals surface area contributed by atoms with E-state index in [2.05, 4.69) is 11.4 Å². The molecule has 0 spiro atoms. The molecule has 3 nitrogen and oxygen atoms in total. The lowest BCUT2D eigenvalue weighted by atomic mass is 9.99. The van der Waals surface area contributed by atoms with Gasteiger partial charge in [0.15, 0.2) is 0 Å². The molecule has 0 aromatic heterocycles. The van der Waals surface area contributed by atoms with Crippen molar-refractivity contribution in [2.45, 2.75) is 39.8 Å². The first-order chi connectivity index (χ1) is 8.04. The maximum atomic E-state index is 11.8. The number of hydrogen-bond acceptors (Lipinski definition) is 2. The quantitative estimate of drug-likeness (QED) is 0.863. The van der Waals surface area contributed by atoms with Crippen LogP contribution in [0.5, 0.6) is 0 Å². The summed E-state index contributed by atoms with van der Waals surface area (Å²) in [5.41, 5.74) is 8.16. The molecular formula is C14H23ClN2O. The number of carbonyl (C=O) groups excluding carboxylic acids is 1. The van der Waals surface area contributed by atoms with Crippen LogP contribution in [-0.2, 0) is 11.3 Å². The molecule has 1 aromatic rings. The van der Waals surface area contributed by atoms with Gasteiger partial charge in [-0.05, 0) is 18.4 Å². The van der Waals surface area contributed by atoms with Crippen LogP contribution in [0.1, 0.15) is 31.4 Å². The van der Waals surface area contributed by atoms with Gasteiger partial charge in [-0.25, -0.2) is 0 Å². The summed E-state index contributed by atoms with van der Waals surface area (Å²) in [4.78, 5) is 11.8. The van der Waals surface area contributed by atoms with Crippen molar-refractivity contribution in [3.63, 3.8) is 0 Å². The van der Waals surface area contributed by atoms with Crippen LogP contribution in [0.3, 0.4) is 0 Å². The Hall–Kier alpha value is -1.06. The normalized spacial score (nSPS) is 13.3. The summed E-state index contributed by atoms with van der Waals surface area (Å²) in [5.74, 6) is 0.147. The van der Waals surface area contributed by atoms with Gasteiger partial charge in [0.1, 0.15) is 0 Å². The van der Waals surface area contributed by atoms with Gasteiger partial charge in [0.05, 0.1) is 6.04 Å². The topological polar surface area (TPSA) is 55.1 Å². The first kappa shape index (κ1) is 16.9. The molecule has 1 rings (SSSR count). The van der Waals surface area contributed by atoms with Gasteiger partial charge in [0.25, 0.3) is 0 Å². The molecule has 2 unspecified atom stereocenters. The van der Waals surface area contributed by atoms with Crippen LogP contribution in [0.2, 0.25) is 0 Å². The van der Waals surface area contributed by atoms with E-state index < -0.39 is 6.04 Å². The Morgan fingerprint density at radius 2 is 2.11 bits per heavy atom. The number of carbonyl (C=O) groups is 1. The Kier molecular flexibility index (Phi) is 7.64. The summed E-state index contributed by atoms with van der Waals surface area (Å²) in [6, 6.07) is 7.68. The number of nitrogens with one attached hydrogen (secondary N) is 1. The van der Waals surface area contributed by atoms with Gasteiger partial charge < -0.3 is 11.1 Å². The van der Waals surface area contributed by atoms with Gasteiger partial charge in [-0.1, -0.05) is 50.1 Å². The SMILES string of the molecule is CCC(C)C(N)C(=O)NCc1cccc(C)c1.Cl. The predicted molar refractivity (Wildman–Crippen MR) is 77.7 cm³/mol. The van der Waals surface area contributed by atoms with Gasteiger partial charge in [-0.3, -0.25) is 4.79 Å². The molecule has 1 aromatic carbocycles. The van der Waals surface area contributed by atoms with Gasteiger partial charge in [0.2, 0.25) is 5.91 Å². The minimum atomic E-state index is -0.412. The van der Waals surface area contributed by atoms with Crippen LogP contribution < -0.4 is 11.1 Å². The summed E-state index contributed by atoms with van der Waals surface area (Å²) in [6.07, 6.45) is 0.916. The molecule has 1 amide bonds. The summed E-state index contributed by atoms with van der Waals surface area (Å²) in [7, 11) is 0. The first-order valence-electron chi connectivity index (χ1n) is 6.13. The fourth-order valence-electron chi connectivity index (χ4n) is 1.64. The van der Waals surface area contributed by atoms with E-state index in [1.165, 1.54) is 5.56 Å². The average molecular weight is 271 g/mol. The number of amides is 1. The minimum Gasteiger partial charge on any atom is -0.351 e. The van der Waals surface area contributed by atoms with E-state index >= 15 is 0 Å². The van der Waals surface area contributed by atoms with Crippen molar-refractivity contribution in [3.05, 3.63) is 35.4 Å². The molecule has 0 aliphatic carbocycles. The zero-order valence-electron chi connectivity index (χ0n) is 11.3. The molecule has 0 aliphatic rings. The zero-order chi connectivity index (χ0) is 12.8. The van der Waals surface area contributed by atoms with Gasteiger partial charge >= 0.3 is 0 Å². The highest BCUT2D eigenvalue weighted by atomic mass is 35.5. The number of rotatable bonds is 5. The van der Waals surface area contributed by atoms with Gasteiger partial charge in [-0.15, -0.1) is 12.4 Å². The van der Waals surface area contributed by atoms with E-state index in [0.717, 1.165) is 12.0 Å². The van der Waals surface area contributed by atoms with Crippen molar-refractivity contribution in [1.29, 1.82) is 0 Å². The van der Waals surface area contributed by atoms with Crippen molar-refractivity contribution in [1.82, 2.24) is 5.32 Å². The predicted octanol–water partition coefficient (Wildman–Crippen LogP) is 2.41. The van der Waals surface area contributed by atoms with E-state index in [-0.39, 0.29) is 24.2 Å². The van der Waals surface area contributed by atoms with Crippen molar-refractivity contribution >= 4 is 18.3 Å². The molecule has 0 radical (unpaired) electrons. The summed E-state index contributed by atoms with van der Waals surface area (Å²) in [5, 5.41) is 2.88. The highest BCUT2D eigenvalue weighted by Gasteiger charge is 2.18. The second-order valence-electron chi connectivity index (χ2n) is 4.62. The minimum absolute atomic E-state index is 0. The highest BCUT2D eigenvalue weighted by Crippen LogP contribution is 2.06. The molecule has 4 heteroatoms. The number of benzene rings is 1. The molecule has 18 heavy (non-hydrogen) atoms.